The van der Waals surface area contributed by atoms with Crippen LogP contribution < -0.4 is 5.32 Å². The van der Waals surface area contributed by atoms with Gasteiger partial charge in [0.1, 0.15) is 5.69 Å². The van der Waals surface area contributed by atoms with E-state index in [1.807, 2.05) is 0 Å². The molecule has 0 aliphatic heterocycles. The highest BCUT2D eigenvalue weighted by Gasteiger charge is 2.35. The van der Waals surface area contributed by atoms with Gasteiger partial charge in [-0.25, -0.2) is 4.68 Å². The van der Waals surface area contributed by atoms with Gasteiger partial charge in [0, 0.05) is 7.05 Å². The summed E-state index contributed by atoms with van der Waals surface area (Å²) >= 11 is 0. The summed E-state index contributed by atoms with van der Waals surface area (Å²) in [6.07, 6.45) is -1.75. The predicted molar refractivity (Wildman–Crippen MR) is 79.4 cm³/mol. The highest BCUT2D eigenvalue weighted by molar-refractivity contribution is 6.07. The van der Waals surface area contributed by atoms with Gasteiger partial charge in [0.2, 0.25) is 5.95 Å². The first-order valence-corrected chi connectivity index (χ1v) is 6.94. The molecule has 12 heteroatoms. The zero-order valence-electron chi connectivity index (χ0n) is 13.0. The molecule has 0 atom stereocenters. The highest BCUT2D eigenvalue weighted by Crippen LogP contribution is 2.31. The standard InChI is InChI=1S/C13H11F3N8O/c1-3-4-9-18-19-10-7(5-6-8(24(9)10)13(14,15)16)11(25)17-12-20-21-22-23(12)2/h3-6H,1-2H3,(H,17,20,22,25)/b4-3-. The Morgan fingerprint density at radius 2 is 2.00 bits per heavy atom. The molecule has 0 fully saturated rings. The highest BCUT2D eigenvalue weighted by atomic mass is 19.4. The van der Waals surface area contributed by atoms with Gasteiger partial charge in [-0.05, 0) is 35.6 Å². The summed E-state index contributed by atoms with van der Waals surface area (Å²) in [6, 6.07) is 1.83. The van der Waals surface area contributed by atoms with E-state index in [4.69, 9.17) is 0 Å². The maximum absolute atomic E-state index is 13.3. The van der Waals surface area contributed by atoms with Crippen LogP contribution in [0.3, 0.4) is 0 Å². The second-order valence-electron chi connectivity index (χ2n) is 4.93. The van der Waals surface area contributed by atoms with E-state index in [-0.39, 0.29) is 23.0 Å². The number of carbonyl (C=O) groups excluding carboxylic acids is 1. The van der Waals surface area contributed by atoms with Crippen molar-refractivity contribution in [3.05, 3.63) is 35.3 Å². The van der Waals surface area contributed by atoms with Gasteiger partial charge in [-0.1, -0.05) is 11.2 Å². The Morgan fingerprint density at radius 3 is 2.60 bits per heavy atom. The molecule has 1 N–H and O–H groups in total. The average molecular weight is 352 g/mol. The van der Waals surface area contributed by atoms with Crippen LogP contribution in [0.1, 0.15) is 28.8 Å². The van der Waals surface area contributed by atoms with E-state index in [1.54, 1.807) is 6.92 Å². The van der Waals surface area contributed by atoms with E-state index >= 15 is 0 Å². The number of allylic oxidation sites excluding steroid dienone is 1. The van der Waals surface area contributed by atoms with Crippen molar-refractivity contribution >= 4 is 23.6 Å². The number of amides is 1. The van der Waals surface area contributed by atoms with E-state index < -0.39 is 17.8 Å². The van der Waals surface area contributed by atoms with Crippen molar-refractivity contribution in [3.63, 3.8) is 0 Å². The summed E-state index contributed by atoms with van der Waals surface area (Å²) in [7, 11) is 1.50. The minimum absolute atomic E-state index is 0.0382. The molecule has 25 heavy (non-hydrogen) atoms. The summed E-state index contributed by atoms with van der Waals surface area (Å²) in [6.45, 7) is 1.63. The number of aryl methyl sites for hydroxylation is 1. The van der Waals surface area contributed by atoms with E-state index in [9.17, 15) is 18.0 Å². The van der Waals surface area contributed by atoms with Crippen molar-refractivity contribution in [3.8, 4) is 0 Å². The number of nitrogens with zero attached hydrogens (tertiary/aromatic N) is 7. The van der Waals surface area contributed by atoms with E-state index in [1.165, 1.54) is 23.9 Å². The minimum Gasteiger partial charge on any atom is -0.289 e. The minimum atomic E-state index is -4.64. The lowest BCUT2D eigenvalue weighted by Crippen LogP contribution is -2.19. The molecule has 9 nitrogen and oxygen atoms in total. The molecule has 0 saturated heterocycles. The monoisotopic (exact) mass is 352 g/mol. The number of hydrogen-bond acceptors (Lipinski definition) is 6. The van der Waals surface area contributed by atoms with Crippen molar-refractivity contribution in [2.24, 2.45) is 7.05 Å². The maximum Gasteiger partial charge on any atom is 0.431 e. The Morgan fingerprint density at radius 1 is 1.24 bits per heavy atom. The van der Waals surface area contributed by atoms with Crippen molar-refractivity contribution < 1.29 is 18.0 Å². The fourth-order valence-electron chi connectivity index (χ4n) is 2.18. The molecule has 0 unspecified atom stereocenters. The molecule has 0 saturated carbocycles. The number of fused-ring (bicyclic) bond motifs is 1. The van der Waals surface area contributed by atoms with Crippen LogP contribution in [0, 0.1) is 0 Å². The number of anilines is 1. The van der Waals surface area contributed by atoms with E-state index in [0.29, 0.717) is 0 Å². The van der Waals surface area contributed by atoms with Gasteiger partial charge < -0.3 is 0 Å². The summed E-state index contributed by atoms with van der Waals surface area (Å²) in [5, 5.41) is 20.4. The fraction of sp³-hybridized carbons (Fsp3) is 0.231. The summed E-state index contributed by atoms with van der Waals surface area (Å²) in [4.78, 5) is 12.4. The number of halogens is 3. The first kappa shape index (κ1) is 16.5. The molecular weight excluding hydrogens is 341 g/mol. The summed E-state index contributed by atoms with van der Waals surface area (Å²) in [5.74, 6) is -0.716. The summed E-state index contributed by atoms with van der Waals surface area (Å²) < 4.78 is 41.8. The van der Waals surface area contributed by atoms with Crippen molar-refractivity contribution in [2.45, 2.75) is 13.1 Å². The quantitative estimate of drug-likeness (QED) is 0.767. The lowest BCUT2D eigenvalue weighted by molar-refractivity contribution is -0.142. The molecule has 3 aromatic heterocycles. The van der Waals surface area contributed by atoms with Crippen LogP contribution in [0.25, 0.3) is 11.7 Å². The zero-order chi connectivity index (χ0) is 18.2. The Bertz CT molecular complexity index is 971. The Labute approximate surface area is 138 Å². The number of tetrazole rings is 1. The number of alkyl halides is 3. The number of carbonyl (C=O) groups is 1. The second kappa shape index (κ2) is 5.96. The van der Waals surface area contributed by atoms with Crippen LogP contribution in [-0.2, 0) is 13.2 Å². The SMILES string of the molecule is C/C=C\c1nnc2c(C(=O)Nc3nnnn3C)ccc(C(F)(F)F)n12. The van der Waals surface area contributed by atoms with Gasteiger partial charge >= 0.3 is 6.18 Å². The third kappa shape index (κ3) is 2.93. The van der Waals surface area contributed by atoms with E-state index in [0.717, 1.165) is 16.5 Å². The first-order chi connectivity index (χ1) is 11.8. The molecule has 0 aromatic carbocycles. The van der Waals surface area contributed by atoms with Gasteiger partial charge in [0.05, 0.1) is 5.56 Å². The number of aromatic nitrogens is 7. The van der Waals surface area contributed by atoms with Crippen molar-refractivity contribution in [1.29, 1.82) is 0 Å². The van der Waals surface area contributed by atoms with Gasteiger partial charge in [-0.15, -0.1) is 10.2 Å². The van der Waals surface area contributed by atoms with Gasteiger partial charge in [-0.2, -0.15) is 13.2 Å². The molecule has 0 bridgehead atoms. The number of hydrogen-bond donors (Lipinski definition) is 1. The molecule has 0 aliphatic carbocycles. The summed E-state index contributed by atoms with van der Waals surface area (Å²) in [5.41, 5.74) is -1.31. The van der Waals surface area contributed by atoms with Crippen LogP contribution in [-0.4, -0.2) is 40.7 Å². The molecule has 130 valence electrons. The normalized spacial score (nSPS) is 12.2. The molecule has 3 aromatic rings. The van der Waals surface area contributed by atoms with Crippen LogP contribution >= 0.6 is 0 Å². The van der Waals surface area contributed by atoms with E-state index in [2.05, 4.69) is 31.0 Å². The smallest absolute Gasteiger partial charge is 0.289 e. The lowest BCUT2D eigenvalue weighted by Gasteiger charge is -2.12. The largest absolute Gasteiger partial charge is 0.431 e. The Kier molecular flexibility index (Phi) is 3.94. The van der Waals surface area contributed by atoms with Gasteiger partial charge in [0.25, 0.3) is 5.91 Å². The third-order valence-electron chi connectivity index (χ3n) is 3.27. The maximum atomic E-state index is 13.3. The average Bonchev–Trinajstić information content (AvgIpc) is 3.13. The molecule has 0 aliphatic rings. The van der Waals surface area contributed by atoms with Crippen LogP contribution in [0.2, 0.25) is 0 Å². The molecule has 0 spiro atoms. The van der Waals surface area contributed by atoms with Crippen LogP contribution in [0.4, 0.5) is 19.1 Å². The number of rotatable bonds is 3. The lowest BCUT2D eigenvalue weighted by atomic mass is 10.2. The molecule has 3 heterocycles. The second-order valence-corrected chi connectivity index (χ2v) is 4.93. The van der Waals surface area contributed by atoms with Gasteiger partial charge in [-0.3, -0.25) is 14.5 Å². The number of nitrogens with one attached hydrogen (secondary N) is 1. The molecular formula is C13H11F3N8O. The van der Waals surface area contributed by atoms with Crippen LogP contribution in [0.5, 0.6) is 0 Å². The molecule has 1 amide bonds. The third-order valence-corrected chi connectivity index (χ3v) is 3.27. The van der Waals surface area contributed by atoms with Crippen LogP contribution in [0.15, 0.2) is 18.2 Å². The predicted octanol–water partition coefficient (Wildman–Crippen LogP) is 1.56. The fourth-order valence-corrected chi connectivity index (χ4v) is 2.18. The topological polar surface area (TPSA) is 103 Å². The zero-order valence-corrected chi connectivity index (χ0v) is 13.0. The van der Waals surface area contributed by atoms with Gasteiger partial charge in [0.15, 0.2) is 11.5 Å². The Hall–Kier alpha value is -3.31. The van der Waals surface area contributed by atoms with Crippen molar-refractivity contribution in [1.82, 2.24) is 34.8 Å². The molecule has 3 rings (SSSR count). The molecule has 0 radical (unpaired) electrons. The Balaban J connectivity index is 2.14. The first-order valence-electron chi connectivity index (χ1n) is 6.94. The van der Waals surface area contributed by atoms with Crippen molar-refractivity contribution in [2.75, 3.05) is 5.32 Å². The number of pyridine rings is 1.